The smallest absolute Gasteiger partial charge is 0.192 e. The van der Waals surface area contributed by atoms with E-state index in [9.17, 15) is 5.11 Å². The maximum atomic E-state index is 9.24. The highest BCUT2D eigenvalue weighted by Crippen LogP contribution is 2.39. The van der Waals surface area contributed by atoms with Crippen LogP contribution in [0.1, 0.15) is 39.2 Å². The molecule has 3 atom stereocenters. The molecule has 0 spiro atoms. The highest BCUT2D eigenvalue weighted by atomic mass is 28.4. The second-order valence-electron chi connectivity index (χ2n) is 9.03. The number of ether oxygens (including phenoxy) is 3. The molecule has 1 aliphatic heterocycles. The van der Waals surface area contributed by atoms with Gasteiger partial charge in [0, 0.05) is 12.8 Å². The van der Waals surface area contributed by atoms with Gasteiger partial charge in [-0.2, -0.15) is 0 Å². The highest BCUT2D eigenvalue weighted by molar-refractivity contribution is 6.74. The maximum absolute atomic E-state index is 9.24. The van der Waals surface area contributed by atoms with Crippen LogP contribution in [0, 0.1) is 11.8 Å². The monoisotopic (exact) mass is 420 g/mol. The molecular weight excluding hydrogens is 384 g/mol. The van der Waals surface area contributed by atoms with Crippen LogP contribution in [-0.4, -0.2) is 52.1 Å². The number of rotatable bonds is 10. The number of aliphatic hydroxyl groups excluding tert-OH is 1. The van der Waals surface area contributed by atoms with Crippen molar-refractivity contribution in [3.8, 4) is 17.6 Å². The van der Waals surface area contributed by atoms with Gasteiger partial charge in [-0.1, -0.05) is 44.7 Å². The lowest BCUT2D eigenvalue weighted by molar-refractivity contribution is 0.152. The molecule has 1 saturated heterocycles. The molecular formula is C23H36O5Si. The standard InChI is InChI=1S/C23H36O5Si/c1-23(2,3)29(5,6)28-20(15-21-22(16-24)27-21)9-7-8-14-26-17-18-10-12-19(25-4)13-11-18/h10-13,20-22,24H,9,14-17H2,1-6H3/t20-,21+,22+/m1/s1. The Morgan fingerprint density at radius 3 is 2.38 bits per heavy atom. The summed E-state index contributed by atoms with van der Waals surface area (Å²) in [5.74, 6) is 7.15. The van der Waals surface area contributed by atoms with Crippen molar-refractivity contribution in [3.05, 3.63) is 29.8 Å². The van der Waals surface area contributed by atoms with E-state index in [1.807, 2.05) is 24.3 Å². The Morgan fingerprint density at radius 1 is 1.14 bits per heavy atom. The SMILES string of the molecule is COc1ccc(COCC#CC[C@H](C[C@@H]2O[C@H]2CO)O[Si](C)(C)C(C)(C)C)cc1. The summed E-state index contributed by atoms with van der Waals surface area (Å²) in [5, 5.41) is 9.38. The van der Waals surface area contributed by atoms with Crippen LogP contribution in [0.4, 0.5) is 0 Å². The first-order chi connectivity index (χ1) is 13.7. The van der Waals surface area contributed by atoms with Crippen LogP contribution in [0.5, 0.6) is 5.75 Å². The van der Waals surface area contributed by atoms with Crippen molar-refractivity contribution in [1.82, 2.24) is 0 Å². The Bertz CT molecular complexity index is 684. The van der Waals surface area contributed by atoms with Crippen molar-refractivity contribution >= 4 is 8.32 Å². The predicted molar refractivity (Wildman–Crippen MR) is 117 cm³/mol. The van der Waals surface area contributed by atoms with Gasteiger partial charge in [-0.05, 0) is 35.8 Å². The van der Waals surface area contributed by atoms with Gasteiger partial charge in [-0.15, -0.1) is 0 Å². The fourth-order valence-corrected chi connectivity index (χ4v) is 4.12. The van der Waals surface area contributed by atoms with Gasteiger partial charge in [0.1, 0.15) is 18.5 Å². The number of hydrogen-bond donors (Lipinski definition) is 1. The van der Waals surface area contributed by atoms with E-state index >= 15 is 0 Å². The molecule has 2 rings (SSSR count). The van der Waals surface area contributed by atoms with Crippen LogP contribution in [0.15, 0.2) is 24.3 Å². The molecule has 0 radical (unpaired) electrons. The lowest BCUT2D eigenvalue weighted by atomic mass is 10.1. The summed E-state index contributed by atoms with van der Waals surface area (Å²) < 4.78 is 22.9. The number of hydrogen-bond acceptors (Lipinski definition) is 5. The Balaban J connectivity index is 1.82. The average molecular weight is 421 g/mol. The molecule has 1 aromatic carbocycles. The molecule has 1 heterocycles. The van der Waals surface area contributed by atoms with Crippen molar-refractivity contribution in [2.45, 2.75) is 76.7 Å². The van der Waals surface area contributed by atoms with E-state index in [-0.39, 0.29) is 30.0 Å². The molecule has 0 aromatic heterocycles. The van der Waals surface area contributed by atoms with Crippen LogP contribution in [-0.2, 0) is 20.5 Å². The first-order valence-corrected chi connectivity index (χ1v) is 13.2. The van der Waals surface area contributed by atoms with Gasteiger partial charge in [-0.25, -0.2) is 0 Å². The van der Waals surface area contributed by atoms with Gasteiger partial charge in [0.15, 0.2) is 8.32 Å². The summed E-state index contributed by atoms with van der Waals surface area (Å²) in [5.41, 5.74) is 1.09. The third kappa shape index (κ3) is 7.76. The third-order valence-electron chi connectivity index (χ3n) is 5.69. The van der Waals surface area contributed by atoms with E-state index in [1.165, 1.54) is 0 Å². The number of aliphatic hydroxyl groups is 1. The van der Waals surface area contributed by atoms with Crippen molar-refractivity contribution < 1.29 is 23.7 Å². The average Bonchev–Trinajstić information content (AvgIpc) is 3.41. The summed E-state index contributed by atoms with van der Waals surface area (Å²) in [6.45, 7) is 12.2. The number of benzene rings is 1. The fourth-order valence-electron chi connectivity index (χ4n) is 2.75. The van der Waals surface area contributed by atoms with E-state index < -0.39 is 8.32 Å². The zero-order valence-electron chi connectivity index (χ0n) is 18.7. The zero-order valence-corrected chi connectivity index (χ0v) is 19.7. The first-order valence-electron chi connectivity index (χ1n) is 10.3. The molecule has 5 nitrogen and oxygen atoms in total. The minimum atomic E-state index is -1.89. The van der Waals surface area contributed by atoms with Gasteiger partial charge in [0.2, 0.25) is 0 Å². The van der Waals surface area contributed by atoms with Crippen molar-refractivity contribution in [1.29, 1.82) is 0 Å². The summed E-state index contributed by atoms with van der Waals surface area (Å²) in [4.78, 5) is 0. The second-order valence-corrected chi connectivity index (χ2v) is 13.8. The van der Waals surface area contributed by atoms with Crippen LogP contribution < -0.4 is 4.74 Å². The molecule has 6 heteroatoms. The van der Waals surface area contributed by atoms with Gasteiger partial charge in [0.25, 0.3) is 0 Å². The quantitative estimate of drug-likeness (QED) is 0.267. The highest BCUT2D eigenvalue weighted by Gasteiger charge is 2.43. The van der Waals surface area contributed by atoms with Crippen molar-refractivity contribution in [3.63, 3.8) is 0 Å². The van der Waals surface area contributed by atoms with Crippen LogP contribution in [0.2, 0.25) is 18.1 Å². The molecule has 1 fully saturated rings. The van der Waals surface area contributed by atoms with Crippen molar-refractivity contribution in [2.24, 2.45) is 0 Å². The normalized spacial score (nSPS) is 20.0. The number of epoxide rings is 1. The van der Waals surface area contributed by atoms with Gasteiger partial charge >= 0.3 is 0 Å². The minimum Gasteiger partial charge on any atom is -0.497 e. The molecule has 1 aromatic rings. The molecule has 162 valence electrons. The van der Waals surface area contributed by atoms with Crippen LogP contribution in [0.3, 0.4) is 0 Å². The number of methoxy groups -OCH3 is 1. The molecule has 0 aliphatic carbocycles. The largest absolute Gasteiger partial charge is 0.497 e. The summed E-state index contributed by atoms with van der Waals surface area (Å²) in [7, 11) is -0.239. The van der Waals surface area contributed by atoms with Gasteiger partial charge < -0.3 is 23.7 Å². The molecule has 1 N–H and O–H groups in total. The van der Waals surface area contributed by atoms with Gasteiger partial charge in [-0.3, -0.25) is 0 Å². The Morgan fingerprint density at radius 2 is 1.83 bits per heavy atom. The molecule has 1 aliphatic rings. The van der Waals surface area contributed by atoms with E-state index in [2.05, 4.69) is 45.7 Å². The van der Waals surface area contributed by atoms with E-state index in [0.29, 0.717) is 19.6 Å². The first kappa shape index (κ1) is 23.9. The Labute approximate surface area is 176 Å². The predicted octanol–water partition coefficient (Wildman–Crippen LogP) is 4.15. The third-order valence-corrected chi connectivity index (χ3v) is 10.2. The minimum absolute atomic E-state index is 0.0199. The van der Waals surface area contributed by atoms with E-state index in [0.717, 1.165) is 17.7 Å². The van der Waals surface area contributed by atoms with Crippen LogP contribution in [0.25, 0.3) is 0 Å². The fraction of sp³-hybridized carbons (Fsp3) is 0.652. The summed E-state index contributed by atoms with van der Waals surface area (Å²) in [6, 6.07) is 7.82. The topological polar surface area (TPSA) is 60.5 Å². The lowest BCUT2D eigenvalue weighted by Gasteiger charge is -2.39. The summed E-state index contributed by atoms with van der Waals surface area (Å²) in [6.07, 6.45) is 1.49. The molecule has 0 amide bonds. The second kappa shape index (κ2) is 10.6. The molecule has 29 heavy (non-hydrogen) atoms. The van der Waals surface area contributed by atoms with Crippen molar-refractivity contribution in [2.75, 3.05) is 20.3 Å². The van der Waals surface area contributed by atoms with Gasteiger partial charge in [0.05, 0.1) is 32.5 Å². The Hall–Kier alpha value is -1.36. The lowest BCUT2D eigenvalue weighted by Crippen LogP contribution is -2.44. The zero-order chi connectivity index (χ0) is 21.5. The molecule has 0 saturated carbocycles. The molecule has 0 bridgehead atoms. The van der Waals surface area contributed by atoms with E-state index in [4.69, 9.17) is 18.6 Å². The molecule has 0 unspecified atom stereocenters. The van der Waals surface area contributed by atoms with Crippen LogP contribution >= 0.6 is 0 Å². The Kier molecular flexibility index (Phi) is 8.74. The van der Waals surface area contributed by atoms with E-state index in [1.54, 1.807) is 7.11 Å². The maximum Gasteiger partial charge on any atom is 0.192 e. The summed E-state index contributed by atoms with van der Waals surface area (Å²) >= 11 is 0.